The number of carboxylic acid groups (broad SMARTS) is 1. The summed E-state index contributed by atoms with van der Waals surface area (Å²) in [5.41, 5.74) is 0. The topological polar surface area (TPSA) is 87.2 Å². The van der Waals surface area contributed by atoms with Crippen molar-refractivity contribution in [3.63, 3.8) is 0 Å². The van der Waals surface area contributed by atoms with E-state index in [0.717, 1.165) is 0 Å². The molecule has 0 spiro atoms. The Kier molecular flexibility index (Phi) is 5.14. The Morgan fingerprint density at radius 2 is 1.47 bits per heavy atom. The summed E-state index contributed by atoms with van der Waals surface area (Å²) < 4.78 is 4.61. The van der Waals surface area contributed by atoms with Gasteiger partial charge in [0, 0.05) is 32.1 Å². The molecule has 108 valence electrons. The maximum Gasteiger partial charge on any atom is 0.409 e. The summed E-state index contributed by atoms with van der Waals surface area (Å²) in [6.07, 6.45) is -0.404. The number of rotatable bonds is 3. The molecule has 0 bridgehead atoms. The Morgan fingerprint density at radius 1 is 1.00 bits per heavy atom. The molecule has 2 amide bonds. The molecule has 1 N–H and O–H groups in total. The van der Waals surface area contributed by atoms with Gasteiger partial charge in [-0.15, -0.1) is 0 Å². The fraction of sp³-hybridized carbons (Fsp3) is 0.750. The van der Waals surface area contributed by atoms with E-state index in [1.54, 1.807) is 11.8 Å². The zero-order chi connectivity index (χ0) is 14.6. The summed E-state index contributed by atoms with van der Waals surface area (Å²) >= 11 is 0. The van der Waals surface area contributed by atoms with E-state index in [-0.39, 0.29) is 5.91 Å². The van der Waals surface area contributed by atoms with Gasteiger partial charge < -0.3 is 19.6 Å². The van der Waals surface area contributed by atoms with E-state index in [4.69, 9.17) is 5.11 Å². The van der Waals surface area contributed by atoms with E-state index >= 15 is 0 Å². The van der Waals surface area contributed by atoms with E-state index in [2.05, 4.69) is 4.74 Å². The third kappa shape index (κ3) is 3.59. The van der Waals surface area contributed by atoms with Gasteiger partial charge in [0.1, 0.15) is 0 Å². The van der Waals surface area contributed by atoms with Gasteiger partial charge in [-0.05, 0) is 0 Å². The Morgan fingerprint density at radius 3 is 1.89 bits per heavy atom. The lowest BCUT2D eigenvalue weighted by Gasteiger charge is -2.35. The molecule has 19 heavy (non-hydrogen) atoms. The molecule has 7 nitrogen and oxygen atoms in total. The van der Waals surface area contributed by atoms with Crippen molar-refractivity contribution in [2.75, 3.05) is 33.3 Å². The summed E-state index contributed by atoms with van der Waals surface area (Å²) in [6.45, 7) is 4.78. The molecular weight excluding hydrogens is 252 g/mol. The number of carboxylic acids is 1. The molecule has 1 heterocycles. The maximum absolute atomic E-state index is 12.1. The first-order chi connectivity index (χ1) is 8.88. The second-order valence-electron chi connectivity index (χ2n) is 4.70. The zero-order valence-corrected chi connectivity index (χ0v) is 11.5. The van der Waals surface area contributed by atoms with Gasteiger partial charge in [0.25, 0.3) is 0 Å². The van der Waals surface area contributed by atoms with Gasteiger partial charge in [0.15, 0.2) is 0 Å². The highest BCUT2D eigenvalue weighted by Gasteiger charge is 2.32. The zero-order valence-electron chi connectivity index (χ0n) is 11.5. The number of hydrogen-bond donors (Lipinski definition) is 1. The lowest BCUT2D eigenvalue weighted by molar-refractivity contribution is -0.149. The molecule has 0 aromatic heterocycles. The van der Waals surface area contributed by atoms with Crippen LogP contribution in [0.3, 0.4) is 0 Å². The number of carbonyl (C=O) groups is 3. The van der Waals surface area contributed by atoms with Gasteiger partial charge in [-0.25, -0.2) is 4.79 Å². The van der Waals surface area contributed by atoms with Crippen molar-refractivity contribution in [2.45, 2.75) is 13.8 Å². The van der Waals surface area contributed by atoms with E-state index in [1.165, 1.54) is 18.9 Å². The highest BCUT2D eigenvalue weighted by Crippen LogP contribution is 2.16. The summed E-state index contributed by atoms with van der Waals surface area (Å²) in [5, 5.41) is 8.91. The normalized spacial score (nSPS) is 18.7. The van der Waals surface area contributed by atoms with Crippen molar-refractivity contribution in [3.8, 4) is 0 Å². The van der Waals surface area contributed by atoms with E-state index < -0.39 is 23.9 Å². The second-order valence-corrected chi connectivity index (χ2v) is 4.70. The van der Waals surface area contributed by atoms with Crippen LogP contribution in [0.4, 0.5) is 4.79 Å². The van der Waals surface area contributed by atoms with Crippen LogP contribution in [-0.2, 0) is 14.3 Å². The summed E-state index contributed by atoms with van der Waals surface area (Å²) in [4.78, 5) is 37.4. The van der Waals surface area contributed by atoms with Gasteiger partial charge in [-0.1, -0.05) is 13.8 Å². The summed E-state index contributed by atoms with van der Waals surface area (Å²) in [7, 11) is 1.32. The van der Waals surface area contributed by atoms with Crippen LogP contribution in [0.2, 0.25) is 0 Å². The largest absolute Gasteiger partial charge is 0.481 e. The molecule has 0 radical (unpaired) electrons. The first-order valence-electron chi connectivity index (χ1n) is 6.23. The second kappa shape index (κ2) is 6.40. The van der Waals surface area contributed by atoms with Crippen molar-refractivity contribution in [1.82, 2.24) is 9.80 Å². The van der Waals surface area contributed by atoms with Crippen LogP contribution in [0.25, 0.3) is 0 Å². The number of amides is 2. The minimum atomic E-state index is -0.978. The standard InChI is InChI=1S/C12H20N2O5/c1-8(9(2)11(16)17)10(15)13-4-6-14(7-5-13)12(18)19-3/h8-9H,4-7H2,1-3H3,(H,16,17). The molecule has 7 heteroatoms. The van der Waals surface area contributed by atoms with Crippen molar-refractivity contribution in [3.05, 3.63) is 0 Å². The monoisotopic (exact) mass is 272 g/mol. The first-order valence-corrected chi connectivity index (χ1v) is 6.23. The third-order valence-corrected chi connectivity index (χ3v) is 3.55. The quantitative estimate of drug-likeness (QED) is 0.796. The Bertz CT molecular complexity index is 363. The average molecular weight is 272 g/mol. The molecule has 1 saturated heterocycles. The smallest absolute Gasteiger partial charge is 0.409 e. The Hall–Kier alpha value is -1.79. The number of nitrogens with zero attached hydrogens (tertiary/aromatic N) is 2. The van der Waals surface area contributed by atoms with Crippen molar-refractivity contribution < 1.29 is 24.2 Å². The lowest BCUT2D eigenvalue weighted by atomic mass is 9.94. The predicted octanol–water partition coefficient (Wildman–Crippen LogP) is 0.254. The average Bonchev–Trinajstić information content (AvgIpc) is 2.44. The molecule has 0 aromatic carbocycles. The molecule has 1 aliphatic rings. The molecular formula is C12H20N2O5. The SMILES string of the molecule is COC(=O)N1CCN(C(=O)C(C)C(C)C(=O)O)CC1. The van der Waals surface area contributed by atoms with E-state index in [0.29, 0.717) is 26.2 Å². The van der Waals surface area contributed by atoms with Gasteiger partial charge >= 0.3 is 12.1 Å². The van der Waals surface area contributed by atoms with Crippen LogP contribution in [0.15, 0.2) is 0 Å². The maximum atomic E-state index is 12.1. The number of methoxy groups -OCH3 is 1. The van der Waals surface area contributed by atoms with Gasteiger partial charge in [-0.2, -0.15) is 0 Å². The molecule has 2 atom stereocenters. The number of ether oxygens (including phenoxy) is 1. The number of piperazine rings is 1. The van der Waals surface area contributed by atoms with Crippen LogP contribution in [0.1, 0.15) is 13.8 Å². The minimum absolute atomic E-state index is 0.181. The predicted molar refractivity (Wildman–Crippen MR) is 66.5 cm³/mol. The van der Waals surface area contributed by atoms with Crippen molar-refractivity contribution >= 4 is 18.0 Å². The Balaban J connectivity index is 2.53. The van der Waals surface area contributed by atoms with E-state index in [1.807, 2.05) is 0 Å². The third-order valence-electron chi connectivity index (χ3n) is 3.55. The number of carbonyl (C=O) groups excluding carboxylic acids is 2. The van der Waals surface area contributed by atoms with Crippen LogP contribution in [0.5, 0.6) is 0 Å². The van der Waals surface area contributed by atoms with Crippen LogP contribution < -0.4 is 0 Å². The number of hydrogen-bond acceptors (Lipinski definition) is 4. The molecule has 0 aromatic rings. The minimum Gasteiger partial charge on any atom is -0.481 e. The summed E-state index contributed by atoms with van der Waals surface area (Å²) in [5.74, 6) is -2.44. The van der Waals surface area contributed by atoms with Crippen LogP contribution >= 0.6 is 0 Å². The van der Waals surface area contributed by atoms with Crippen molar-refractivity contribution in [2.24, 2.45) is 11.8 Å². The molecule has 1 aliphatic heterocycles. The molecule has 0 aliphatic carbocycles. The molecule has 2 unspecified atom stereocenters. The van der Waals surface area contributed by atoms with Crippen molar-refractivity contribution in [1.29, 1.82) is 0 Å². The lowest BCUT2D eigenvalue weighted by Crippen LogP contribution is -2.52. The summed E-state index contributed by atoms with van der Waals surface area (Å²) in [6, 6.07) is 0. The molecule has 0 saturated carbocycles. The van der Waals surface area contributed by atoms with Crippen LogP contribution in [-0.4, -0.2) is 66.2 Å². The molecule has 1 rings (SSSR count). The van der Waals surface area contributed by atoms with Gasteiger partial charge in [-0.3, -0.25) is 9.59 Å². The number of aliphatic carboxylic acids is 1. The highest BCUT2D eigenvalue weighted by molar-refractivity contribution is 5.84. The Labute approximate surface area is 112 Å². The fourth-order valence-corrected chi connectivity index (χ4v) is 1.95. The van der Waals surface area contributed by atoms with E-state index in [9.17, 15) is 14.4 Å². The fourth-order valence-electron chi connectivity index (χ4n) is 1.95. The molecule has 1 fully saturated rings. The van der Waals surface area contributed by atoms with Gasteiger partial charge in [0.2, 0.25) is 5.91 Å². The van der Waals surface area contributed by atoms with Crippen LogP contribution in [0, 0.1) is 11.8 Å². The highest BCUT2D eigenvalue weighted by atomic mass is 16.5. The first kappa shape index (κ1) is 15.3. The van der Waals surface area contributed by atoms with Gasteiger partial charge in [0.05, 0.1) is 13.0 Å².